The third-order valence-electron chi connectivity index (χ3n) is 2.42. The summed E-state index contributed by atoms with van der Waals surface area (Å²) in [6.07, 6.45) is -0.587. The number of hydrogen-bond acceptors (Lipinski definition) is 7. The van der Waals surface area contributed by atoms with Crippen LogP contribution in [0.2, 0.25) is 0 Å². The lowest BCUT2D eigenvalue weighted by Crippen LogP contribution is -2.49. The van der Waals surface area contributed by atoms with Crippen LogP contribution in [0.4, 0.5) is 0 Å². The summed E-state index contributed by atoms with van der Waals surface area (Å²) in [5.41, 5.74) is 5.27. The Bertz CT molecular complexity index is 485. The molecule has 0 rings (SSSR count). The van der Waals surface area contributed by atoms with Crippen molar-refractivity contribution in [2.75, 3.05) is 18.8 Å². The van der Waals surface area contributed by atoms with Crippen LogP contribution in [0.15, 0.2) is 0 Å². The van der Waals surface area contributed by atoms with E-state index in [1.807, 2.05) is 0 Å². The van der Waals surface area contributed by atoms with E-state index >= 15 is 0 Å². The highest BCUT2D eigenvalue weighted by Crippen LogP contribution is 1.89. The molecule has 0 aromatic carbocycles. The Morgan fingerprint density at radius 2 is 1.57 bits per heavy atom. The molecule has 0 bridgehead atoms. The first-order valence-corrected chi connectivity index (χ1v) is 6.95. The van der Waals surface area contributed by atoms with E-state index in [1.54, 1.807) is 0 Å². The quantitative estimate of drug-likeness (QED) is 0.198. The highest BCUT2D eigenvalue weighted by atomic mass is 32.1. The Morgan fingerprint density at radius 1 is 1.00 bits per heavy atom. The van der Waals surface area contributed by atoms with Gasteiger partial charge in [0.25, 0.3) is 0 Å². The second-order valence-electron chi connectivity index (χ2n) is 4.34. The van der Waals surface area contributed by atoms with Gasteiger partial charge in [-0.25, -0.2) is 4.79 Å². The molecule has 0 aliphatic carbocycles. The number of carbonyl (C=O) groups is 5. The fourth-order valence-corrected chi connectivity index (χ4v) is 1.50. The van der Waals surface area contributed by atoms with Gasteiger partial charge in [-0.1, -0.05) is 0 Å². The van der Waals surface area contributed by atoms with E-state index in [-0.39, 0.29) is 5.75 Å². The van der Waals surface area contributed by atoms with Gasteiger partial charge in [-0.3, -0.25) is 19.2 Å². The van der Waals surface area contributed by atoms with E-state index in [4.69, 9.17) is 15.9 Å². The lowest BCUT2D eigenvalue weighted by molar-refractivity contribution is -0.141. The van der Waals surface area contributed by atoms with E-state index in [9.17, 15) is 24.0 Å². The monoisotopic (exact) mass is 350 g/mol. The molecule has 11 nitrogen and oxygen atoms in total. The zero-order chi connectivity index (χ0) is 18.0. The summed E-state index contributed by atoms with van der Waals surface area (Å²) in [5.74, 6) is -4.94. The molecule has 0 aromatic rings. The Labute approximate surface area is 136 Å². The number of nitrogens with one attached hydrogen (secondary N) is 3. The molecule has 0 saturated carbocycles. The van der Waals surface area contributed by atoms with Crippen LogP contribution in [-0.4, -0.2) is 70.8 Å². The van der Waals surface area contributed by atoms with Gasteiger partial charge in [0.15, 0.2) is 0 Å². The van der Waals surface area contributed by atoms with Crippen LogP contribution in [0.1, 0.15) is 6.42 Å². The summed E-state index contributed by atoms with van der Waals surface area (Å²) < 4.78 is 0. The molecule has 0 spiro atoms. The van der Waals surface area contributed by atoms with Gasteiger partial charge >= 0.3 is 11.9 Å². The molecule has 0 aromatic heterocycles. The highest BCUT2D eigenvalue weighted by Gasteiger charge is 2.19. The van der Waals surface area contributed by atoms with E-state index in [1.165, 1.54) is 0 Å². The van der Waals surface area contributed by atoms with Crippen molar-refractivity contribution in [1.82, 2.24) is 16.0 Å². The van der Waals surface area contributed by atoms with E-state index in [0.29, 0.717) is 0 Å². The number of thiol groups is 1. The first-order valence-electron chi connectivity index (χ1n) is 6.32. The molecule has 0 aliphatic heterocycles. The number of aliphatic carboxylic acids is 2. The second kappa shape index (κ2) is 10.4. The third kappa shape index (κ3) is 9.31. The molecule has 0 saturated heterocycles. The molecule has 0 aliphatic rings. The van der Waals surface area contributed by atoms with Gasteiger partial charge in [-0.15, -0.1) is 0 Å². The molecule has 2 unspecified atom stereocenters. The van der Waals surface area contributed by atoms with E-state index < -0.39 is 61.3 Å². The van der Waals surface area contributed by atoms with Crippen molar-refractivity contribution in [2.45, 2.75) is 18.5 Å². The smallest absolute Gasteiger partial charge is 0.327 e. The van der Waals surface area contributed by atoms with Crippen molar-refractivity contribution in [3.63, 3.8) is 0 Å². The van der Waals surface area contributed by atoms with Gasteiger partial charge in [-0.05, 0) is 0 Å². The highest BCUT2D eigenvalue weighted by molar-refractivity contribution is 7.80. The Balaban J connectivity index is 4.07. The average molecular weight is 350 g/mol. The zero-order valence-corrected chi connectivity index (χ0v) is 12.8. The van der Waals surface area contributed by atoms with Crippen LogP contribution < -0.4 is 21.7 Å². The molecule has 130 valence electrons. The minimum atomic E-state index is -1.30. The first-order chi connectivity index (χ1) is 10.7. The number of carboxylic acids is 2. The molecule has 7 N–H and O–H groups in total. The SMILES string of the molecule is NC(CC(=O)O)C(=O)NCC(=O)NCC(=O)NC(CS)C(=O)O. The van der Waals surface area contributed by atoms with Crippen LogP contribution in [-0.2, 0) is 24.0 Å². The standard InChI is InChI=1S/C11H18N4O7S/c12-5(1-9(18)19)10(20)14-2-7(16)13-3-8(17)15-6(4-23)11(21)22/h5-6,23H,1-4,12H2,(H,13,16)(H,14,20)(H,15,17)(H,18,19)(H,21,22). The molecule has 0 fully saturated rings. The summed E-state index contributed by atoms with van der Waals surface area (Å²) in [4.78, 5) is 55.2. The van der Waals surface area contributed by atoms with E-state index in [0.717, 1.165) is 0 Å². The van der Waals surface area contributed by atoms with Crippen LogP contribution in [0.5, 0.6) is 0 Å². The molecule has 2 atom stereocenters. The molecular weight excluding hydrogens is 332 g/mol. The van der Waals surface area contributed by atoms with Crippen LogP contribution in [0.3, 0.4) is 0 Å². The van der Waals surface area contributed by atoms with Gasteiger partial charge in [0.05, 0.1) is 25.6 Å². The van der Waals surface area contributed by atoms with Gasteiger partial charge in [-0.2, -0.15) is 12.6 Å². The predicted octanol–water partition coefficient (Wildman–Crippen LogP) is -3.48. The fraction of sp³-hybridized carbons (Fsp3) is 0.545. The maximum atomic E-state index is 11.4. The van der Waals surface area contributed by atoms with Crippen molar-refractivity contribution in [1.29, 1.82) is 0 Å². The maximum absolute atomic E-state index is 11.4. The Morgan fingerprint density at radius 3 is 2.04 bits per heavy atom. The number of hydrogen-bond donors (Lipinski definition) is 7. The summed E-state index contributed by atoms with van der Waals surface area (Å²) in [6.45, 7) is -0.998. The van der Waals surface area contributed by atoms with Crippen molar-refractivity contribution in [3.05, 3.63) is 0 Å². The van der Waals surface area contributed by atoms with Crippen LogP contribution >= 0.6 is 12.6 Å². The molecule has 0 heterocycles. The van der Waals surface area contributed by atoms with Gasteiger partial charge < -0.3 is 31.9 Å². The van der Waals surface area contributed by atoms with Gasteiger partial charge in [0, 0.05) is 5.75 Å². The van der Waals surface area contributed by atoms with E-state index in [2.05, 4.69) is 28.6 Å². The lowest BCUT2D eigenvalue weighted by Gasteiger charge is -2.13. The van der Waals surface area contributed by atoms with Crippen molar-refractivity contribution >= 4 is 42.3 Å². The predicted molar refractivity (Wildman–Crippen MR) is 79.7 cm³/mol. The minimum absolute atomic E-state index is 0.119. The second-order valence-corrected chi connectivity index (χ2v) is 4.70. The number of rotatable bonds is 10. The fourth-order valence-electron chi connectivity index (χ4n) is 1.25. The number of carboxylic acid groups (broad SMARTS) is 2. The van der Waals surface area contributed by atoms with Crippen molar-refractivity contribution in [2.24, 2.45) is 5.73 Å². The minimum Gasteiger partial charge on any atom is -0.481 e. The number of nitrogens with two attached hydrogens (primary N) is 1. The average Bonchev–Trinajstić information content (AvgIpc) is 2.46. The third-order valence-corrected chi connectivity index (χ3v) is 2.78. The molecule has 0 radical (unpaired) electrons. The van der Waals surface area contributed by atoms with Crippen molar-refractivity contribution in [3.8, 4) is 0 Å². The zero-order valence-electron chi connectivity index (χ0n) is 11.9. The van der Waals surface area contributed by atoms with Crippen LogP contribution in [0.25, 0.3) is 0 Å². The van der Waals surface area contributed by atoms with Crippen LogP contribution in [0, 0.1) is 0 Å². The number of carbonyl (C=O) groups excluding carboxylic acids is 3. The van der Waals surface area contributed by atoms with Gasteiger partial charge in [0.2, 0.25) is 17.7 Å². The Kier molecular flexibility index (Phi) is 9.34. The summed E-state index contributed by atoms with van der Waals surface area (Å²) in [6, 6.07) is -2.48. The Hall–Kier alpha value is -2.34. The largest absolute Gasteiger partial charge is 0.481 e. The molecule has 23 heavy (non-hydrogen) atoms. The number of amides is 3. The maximum Gasteiger partial charge on any atom is 0.327 e. The normalized spacial score (nSPS) is 12.6. The topological polar surface area (TPSA) is 188 Å². The summed E-state index contributed by atoms with van der Waals surface area (Å²) >= 11 is 3.75. The molecular formula is C11H18N4O7S. The van der Waals surface area contributed by atoms with Crippen molar-refractivity contribution < 1.29 is 34.2 Å². The first kappa shape index (κ1) is 20.7. The molecule has 12 heteroatoms. The van der Waals surface area contributed by atoms with Gasteiger partial charge in [0.1, 0.15) is 6.04 Å². The summed E-state index contributed by atoms with van der Waals surface area (Å²) in [5, 5.41) is 23.5. The summed E-state index contributed by atoms with van der Waals surface area (Å²) in [7, 11) is 0. The molecule has 3 amide bonds. The lowest BCUT2D eigenvalue weighted by atomic mass is 10.2.